The number of thiazole rings is 1. The van der Waals surface area contributed by atoms with E-state index >= 15 is 0 Å². The number of ketones is 1. The molecule has 0 unspecified atom stereocenters. The van der Waals surface area contributed by atoms with Crippen LogP contribution in [0.1, 0.15) is 15.9 Å². The van der Waals surface area contributed by atoms with Gasteiger partial charge in [0.2, 0.25) is 0 Å². The van der Waals surface area contributed by atoms with Gasteiger partial charge in [-0.05, 0) is 30.3 Å². The van der Waals surface area contributed by atoms with E-state index in [2.05, 4.69) is 4.98 Å². The average molecular weight is 300 g/mol. The van der Waals surface area contributed by atoms with Crippen molar-refractivity contribution in [2.45, 2.75) is 0 Å². The Morgan fingerprint density at radius 2 is 1.76 bits per heavy atom. The van der Waals surface area contributed by atoms with Gasteiger partial charge >= 0.3 is 4.87 Å². The van der Waals surface area contributed by atoms with Gasteiger partial charge in [0.15, 0.2) is 5.78 Å². The van der Waals surface area contributed by atoms with Crippen molar-refractivity contribution < 1.29 is 9.72 Å². The van der Waals surface area contributed by atoms with Crippen LogP contribution in [0.25, 0.3) is 10.2 Å². The summed E-state index contributed by atoms with van der Waals surface area (Å²) in [6, 6.07) is 10.4. The maximum Gasteiger partial charge on any atom is 0.305 e. The minimum atomic E-state index is -0.516. The van der Waals surface area contributed by atoms with Crippen molar-refractivity contribution in [3.8, 4) is 0 Å². The van der Waals surface area contributed by atoms with Gasteiger partial charge in [0.25, 0.3) is 5.69 Å². The van der Waals surface area contributed by atoms with Gasteiger partial charge in [0.05, 0.1) is 15.1 Å². The van der Waals surface area contributed by atoms with E-state index in [0.717, 1.165) is 11.3 Å². The molecule has 0 aliphatic carbocycles. The van der Waals surface area contributed by atoms with Gasteiger partial charge < -0.3 is 4.98 Å². The fourth-order valence-corrected chi connectivity index (χ4v) is 2.76. The van der Waals surface area contributed by atoms with E-state index in [-0.39, 0.29) is 16.3 Å². The molecule has 0 atom stereocenters. The average Bonchev–Trinajstić information content (AvgIpc) is 2.85. The van der Waals surface area contributed by atoms with Crippen molar-refractivity contribution in [3.63, 3.8) is 0 Å². The molecule has 3 rings (SSSR count). The Bertz CT molecular complexity index is 909. The number of H-pyrrole nitrogens is 1. The van der Waals surface area contributed by atoms with Gasteiger partial charge in [-0.2, -0.15) is 0 Å². The quantitative estimate of drug-likeness (QED) is 0.457. The second kappa shape index (κ2) is 4.95. The summed E-state index contributed by atoms with van der Waals surface area (Å²) in [4.78, 5) is 36.1. The van der Waals surface area contributed by atoms with Crippen LogP contribution in [0.3, 0.4) is 0 Å². The monoisotopic (exact) mass is 300 g/mol. The van der Waals surface area contributed by atoms with Gasteiger partial charge in [-0.3, -0.25) is 19.7 Å². The zero-order valence-electron chi connectivity index (χ0n) is 10.5. The van der Waals surface area contributed by atoms with Crippen LogP contribution in [0.2, 0.25) is 0 Å². The van der Waals surface area contributed by atoms with Gasteiger partial charge in [0, 0.05) is 23.3 Å². The minimum absolute atomic E-state index is 0.0640. The third kappa shape index (κ3) is 2.46. The molecule has 2 aromatic carbocycles. The number of benzene rings is 2. The number of fused-ring (bicyclic) bond motifs is 1. The third-order valence-electron chi connectivity index (χ3n) is 3.02. The molecule has 0 saturated carbocycles. The maximum absolute atomic E-state index is 12.3. The summed E-state index contributed by atoms with van der Waals surface area (Å²) in [7, 11) is 0. The first-order valence-corrected chi connectivity index (χ1v) is 6.78. The highest BCUT2D eigenvalue weighted by Crippen LogP contribution is 2.20. The number of carbonyl (C=O) groups excluding carboxylic acids is 1. The lowest BCUT2D eigenvalue weighted by molar-refractivity contribution is -0.384. The number of nitrogens with zero attached hydrogens (tertiary/aromatic N) is 1. The summed E-state index contributed by atoms with van der Waals surface area (Å²) in [6.45, 7) is 0. The maximum atomic E-state index is 12.3. The third-order valence-corrected chi connectivity index (χ3v) is 3.87. The van der Waals surface area contributed by atoms with Gasteiger partial charge in [0.1, 0.15) is 0 Å². The van der Waals surface area contributed by atoms with E-state index in [1.54, 1.807) is 18.2 Å². The van der Waals surface area contributed by atoms with Crippen LogP contribution in [0.4, 0.5) is 5.69 Å². The van der Waals surface area contributed by atoms with E-state index in [1.165, 1.54) is 24.3 Å². The molecule has 0 spiro atoms. The Balaban J connectivity index is 1.99. The lowest BCUT2D eigenvalue weighted by Gasteiger charge is -2.01. The summed E-state index contributed by atoms with van der Waals surface area (Å²) in [5.41, 5.74) is 1.42. The summed E-state index contributed by atoms with van der Waals surface area (Å²) in [6.07, 6.45) is 0. The normalized spacial score (nSPS) is 10.7. The minimum Gasteiger partial charge on any atom is -0.312 e. The Morgan fingerprint density at radius 3 is 2.43 bits per heavy atom. The molecular weight excluding hydrogens is 292 g/mol. The lowest BCUT2D eigenvalue weighted by Crippen LogP contribution is -2.01. The number of carbonyl (C=O) groups is 1. The predicted molar refractivity (Wildman–Crippen MR) is 79.0 cm³/mol. The fraction of sp³-hybridized carbons (Fsp3) is 0. The molecule has 6 nitrogen and oxygen atoms in total. The number of nitro benzene ring substituents is 1. The highest BCUT2D eigenvalue weighted by atomic mass is 32.1. The van der Waals surface area contributed by atoms with Crippen molar-refractivity contribution >= 4 is 33.0 Å². The highest BCUT2D eigenvalue weighted by molar-refractivity contribution is 7.16. The molecule has 104 valence electrons. The first-order valence-electron chi connectivity index (χ1n) is 5.96. The topological polar surface area (TPSA) is 93.1 Å². The molecule has 3 aromatic rings. The van der Waals surface area contributed by atoms with Crippen molar-refractivity contribution in [3.05, 3.63) is 73.4 Å². The van der Waals surface area contributed by atoms with Crippen molar-refractivity contribution in [2.24, 2.45) is 0 Å². The second-order valence-electron chi connectivity index (χ2n) is 4.36. The summed E-state index contributed by atoms with van der Waals surface area (Å²) in [5.74, 6) is -0.243. The Hall–Kier alpha value is -2.80. The molecule has 0 saturated heterocycles. The number of aromatic nitrogens is 1. The predicted octanol–water partition coefficient (Wildman–Crippen LogP) is 2.73. The molecule has 1 N–H and O–H groups in total. The summed E-state index contributed by atoms with van der Waals surface area (Å²) >= 11 is 1.03. The Labute approximate surface area is 121 Å². The molecule has 0 aliphatic heterocycles. The second-order valence-corrected chi connectivity index (χ2v) is 5.37. The van der Waals surface area contributed by atoms with Crippen LogP contribution < -0.4 is 4.87 Å². The van der Waals surface area contributed by atoms with E-state index in [4.69, 9.17) is 0 Å². The fourth-order valence-electron chi connectivity index (χ4n) is 1.99. The number of aromatic amines is 1. The lowest BCUT2D eigenvalue weighted by atomic mass is 10.0. The number of hydrogen-bond acceptors (Lipinski definition) is 5. The van der Waals surface area contributed by atoms with Gasteiger partial charge in [-0.15, -0.1) is 0 Å². The van der Waals surface area contributed by atoms with Crippen molar-refractivity contribution in [1.82, 2.24) is 4.98 Å². The van der Waals surface area contributed by atoms with E-state index in [0.29, 0.717) is 21.3 Å². The zero-order valence-corrected chi connectivity index (χ0v) is 11.3. The Kier molecular flexibility index (Phi) is 3.11. The largest absolute Gasteiger partial charge is 0.312 e. The first-order chi connectivity index (χ1) is 10.0. The molecule has 0 amide bonds. The van der Waals surface area contributed by atoms with Crippen molar-refractivity contribution in [1.29, 1.82) is 0 Å². The molecule has 0 radical (unpaired) electrons. The van der Waals surface area contributed by atoms with Gasteiger partial charge in [-0.25, -0.2) is 0 Å². The van der Waals surface area contributed by atoms with Crippen LogP contribution in [-0.2, 0) is 0 Å². The summed E-state index contributed by atoms with van der Waals surface area (Å²) < 4.78 is 0.702. The molecule has 0 aliphatic rings. The number of nitro groups is 1. The number of hydrogen-bond donors (Lipinski definition) is 1. The van der Waals surface area contributed by atoms with Crippen LogP contribution in [0, 0.1) is 10.1 Å². The smallest absolute Gasteiger partial charge is 0.305 e. The molecule has 7 heteroatoms. The van der Waals surface area contributed by atoms with Crippen LogP contribution >= 0.6 is 11.3 Å². The molecule has 1 heterocycles. The van der Waals surface area contributed by atoms with Crippen LogP contribution in [0.5, 0.6) is 0 Å². The van der Waals surface area contributed by atoms with Crippen molar-refractivity contribution in [2.75, 3.05) is 0 Å². The number of rotatable bonds is 3. The van der Waals surface area contributed by atoms with Crippen LogP contribution in [-0.4, -0.2) is 15.7 Å². The van der Waals surface area contributed by atoms with E-state index in [1.807, 2.05) is 0 Å². The van der Waals surface area contributed by atoms with Gasteiger partial charge in [-0.1, -0.05) is 11.3 Å². The highest BCUT2D eigenvalue weighted by Gasteiger charge is 2.12. The summed E-state index contributed by atoms with van der Waals surface area (Å²) in [5, 5.41) is 10.6. The van der Waals surface area contributed by atoms with Crippen LogP contribution in [0.15, 0.2) is 47.3 Å². The molecule has 0 bridgehead atoms. The standard InChI is InChI=1S/C14H8N2O4S/c17-13(8-1-4-10(5-2-8)16(19)20)9-3-6-11-12(7-9)21-14(18)15-11/h1-7H,(H,15,18). The molecule has 21 heavy (non-hydrogen) atoms. The van der Waals surface area contributed by atoms with E-state index in [9.17, 15) is 19.7 Å². The Morgan fingerprint density at radius 1 is 1.10 bits per heavy atom. The van der Waals surface area contributed by atoms with E-state index < -0.39 is 4.92 Å². The number of nitrogens with one attached hydrogen (secondary N) is 1. The SMILES string of the molecule is O=C(c1ccc([N+](=O)[O-])cc1)c1ccc2[nH]c(=O)sc2c1. The zero-order chi connectivity index (χ0) is 15.0. The number of non-ortho nitro benzene ring substituents is 1. The molecule has 1 aromatic heterocycles. The molecule has 0 fully saturated rings. The first kappa shape index (κ1) is 13.2. The molecular formula is C14H8N2O4S.